The summed E-state index contributed by atoms with van der Waals surface area (Å²) in [6, 6.07) is 0. The second-order valence-corrected chi connectivity index (χ2v) is 4.75. The number of carbonyl (C=O) groups excluding carboxylic acids is 1. The molecule has 0 aromatic rings. The highest BCUT2D eigenvalue weighted by Gasteiger charge is 2.19. The molecular weight excluding hydrogens is 172 g/mol. The molecule has 1 fully saturated rings. The molecule has 0 saturated heterocycles. The van der Waals surface area contributed by atoms with Gasteiger partial charge in [-0.3, -0.25) is 4.79 Å². The van der Waals surface area contributed by atoms with Gasteiger partial charge in [-0.1, -0.05) is 38.2 Å². The zero-order chi connectivity index (χ0) is 9.80. The maximum Gasteiger partial charge on any atom is 0.158 e. The summed E-state index contributed by atoms with van der Waals surface area (Å²) in [6.45, 7) is 0. The van der Waals surface area contributed by atoms with E-state index in [1.54, 1.807) is 0 Å². The Balaban J connectivity index is 1.88. The van der Waals surface area contributed by atoms with Crippen molar-refractivity contribution in [1.29, 1.82) is 0 Å². The van der Waals surface area contributed by atoms with Crippen molar-refractivity contribution in [3.05, 3.63) is 11.6 Å². The van der Waals surface area contributed by atoms with Crippen molar-refractivity contribution in [2.24, 2.45) is 5.92 Å². The van der Waals surface area contributed by atoms with E-state index in [2.05, 4.69) is 6.08 Å². The van der Waals surface area contributed by atoms with E-state index in [-0.39, 0.29) is 0 Å². The average molecular weight is 192 g/mol. The van der Waals surface area contributed by atoms with Crippen molar-refractivity contribution >= 4 is 5.78 Å². The third-order valence-corrected chi connectivity index (χ3v) is 3.59. The first-order valence-corrected chi connectivity index (χ1v) is 6.08. The van der Waals surface area contributed by atoms with E-state index < -0.39 is 0 Å². The minimum absolute atomic E-state index is 0.432. The summed E-state index contributed by atoms with van der Waals surface area (Å²) in [5.41, 5.74) is 1.16. The van der Waals surface area contributed by atoms with Gasteiger partial charge >= 0.3 is 0 Å². The molecule has 2 aliphatic rings. The Labute approximate surface area is 86.6 Å². The van der Waals surface area contributed by atoms with Gasteiger partial charge in [-0.2, -0.15) is 0 Å². The standard InChI is InChI=1S/C13H20O/c14-13-9-5-4-8-12(13)10-11-6-2-1-3-7-11/h8,11H,1-7,9-10H2. The van der Waals surface area contributed by atoms with E-state index in [1.165, 1.54) is 32.1 Å². The molecule has 0 bridgehead atoms. The van der Waals surface area contributed by atoms with E-state index in [0.29, 0.717) is 5.78 Å². The number of rotatable bonds is 2. The second-order valence-electron chi connectivity index (χ2n) is 4.75. The van der Waals surface area contributed by atoms with E-state index in [4.69, 9.17) is 0 Å². The van der Waals surface area contributed by atoms with Crippen molar-refractivity contribution in [3.8, 4) is 0 Å². The summed E-state index contributed by atoms with van der Waals surface area (Å²) in [7, 11) is 0. The average Bonchev–Trinajstić information content (AvgIpc) is 2.23. The SMILES string of the molecule is O=C1CCCC=C1CC1CCCCC1. The number of allylic oxidation sites excluding steroid dienone is 2. The van der Waals surface area contributed by atoms with Gasteiger partial charge in [0.15, 0.2) is 5.78 Å². The number of hydrogen-bond acceptors (Lipinski definition) is 1. The first-order chi connectivity index (χ1) is 6.86. The van der Waals surface area contributed by atoms with Crippen LogP contribution in [0.4, 0.5) is 0 Å². The fourth-order valence-corrected chi connectivity index (χ4v) is 2.71. The van der Waals surface area contributed by atoms with Crippen LogP contribution in [0.2, 0.25) is 0 Å². The van der Waals surface area contributed by atoms with Crippen LogP contribution in [0, 0.1) is 5.92 Å². The van der Waals surface area contributed by atoms with Gasteiger partial charge in [-0.15, -0.1) is 0 Å². The lowest BCUT2D eigenvalue weighted by Gasteiger charge is -2.23. The molecule has 2 aliphatic carbocycles. The van der Waals surface area contributed by atoms with Crippen LogP contribution in [0.25, 0.3) is 0 Å². The number of carbonyl (C=O) groups is 1. The van der Waals surface area contributed by atoms with Crippen LogP contribution < -0.4 is 0 Å². The van der Waals surface area contributed by atoms with Crippen LogP contribution in [0.3, 0.4) is 0 Å². The summed E-state index contributed by atoms with van der Waals surface area (Å²) in [5, 5.41) is 0. The Morgan fingerprint density at radius 2 is 1.93 bits per heavy atom. The molecule has 0 aliphatic heterocycles. The quantitative estimate of drug-likeness (QED) is 0.653. The maximum atomic E-state index is 11.6. The van der Waals surface area contributed by atoms with Crippen molar-refractivity contribution < 1.29 is 4.79 Å². The lowest BCUT2D eigenvalue weighted by Crippen LogP contribution is -2.13. The maximum absolute atomic E-state index is 11.6. The normalized spacial score (nSPS) is 24.9. The van der Waals surface area contributed by atoms with Gasteiger partial charge in [0.05, 0.1) is 0 Å². The molecular formula is C13H20O. The fourth-order valence-electron chi connectivity index (χ4n) is 2.71. The molecule has 0 radical (unpaired) electrons. The molecule has 1 nitrogen and oxygen atoms in total. The molecule has 0 aromatic carbocycles. The predicted molar refractivity (Wildman–Crippen MR) is 58.1 cm³/mol. The van der Waals surface area contributed by atoms with Gasteiger partial charge < -0.3 is 0 Å². The van der Waals surface area contributed by atoms with Crippen LogP contribution in [0.15, 0.2) is 11.6 Å². The molecule has 14 heavy (non-hydrogen) atoms. The van der Waals surface area contributed by atoms with Gasteiger partial charge in [0.1, 0.15) is 0 Å². The molecule has 2 rings (SSSR count). The largest absolute Gasteiger partial charge is 0.295 e. The monoisotopic (exact) mass is 192 g/mol. The summed E-state index contributed by atoms with van der Waals surface area (Å²) >= 11 is 0. The van der Waals surface area contributed by atoms with Crippen LogP contribution >= 0.6 is 0 Å². The first-order valence-electron chi connectivity index (χ1n) is 6.08. The number of Topliss-reactive ketones (excluding diaryl/α,β-unsaturated/α-hetero) is 1. The highest BCUT2D eigenvalue weighted by molar-refractivity contribution is 5.95. The highest BCUT2D eigenvalue weighted by atomic mass is 16.1. The van der Waals surface area contributed by atoms with Gasteiger partial charge in [-0.05, 0) is 30.8 Å². The zero-order valence-corrected chi connectivity index (χ0v) is 8.93. The molecule has 0 aromatic heterocycles. The third kappa shape index (κ3) is 2.46. The summed E-state index contributed by atoms with van der Waals surface area (Å²) in [4.78, 5) is 11.6. The fraction of sp³-hybridized carbons (Fsp3) is 0.769. The summed E-state index contributed by atoms with van der Waals surface area (Å²) in [6.07, 6.45) is 13.2. The Kier molecular flexibility index (Phi) is 3.39. The van der Waals surface area contributed by atoms with Crippen LogP contribution in [-0.2, 0) is 4.79 Å². The van der Waals surface area contributed by atoms with E-state index in [0.717, 1.165) is 37.2 Å². The molecule has 0 amide bonds. The van der Waals surface area contributed by atoms with Crippen molar-refractivity contribution in [2.45, 2.75) is 57.8 Å². The third-order valence-electron chi connectivity index (χ3n) is 3.59. The summed E-state index contributed by atoms with van der Waals surface area (Å²) < 4.78 is 0. The molecule has 0 heterocycles. The van der Waals surface area contributed by atoms with Gasteiger partial charge in [-0.25, -0.2) is 0 Å². The second kappa shape index (κ2) is 4.77. The Morgan fingerprint density at radius 1 is 1.14 bits per heavy atom. The van der Waals surface area contributed by atoms with E-state index in [1.807, 2.05) is 0 Å². The molecule has 0 spiro atoms. The van der Waals surface area contributed by atoms with Gasteiger partial charge in [0, 0.05) is 6.42 Å². The molecule has 1 saturated carbocycles. The molecule has 78 valence electrons. The Hall–Kier alpha value is -0.590. The zero-order valence-electron chi connectivity index (χ0n) is 8.93. The Morgan fingerprint density at radius 3 is 2.64 bits per heavy atom. The number of hydrogen-bond donors (Lipinski definition) is 0. The minimum Gasteiger partial charge on any atom is -0.295 e. The van der Waals surface area contributed by atoms with E-state index in [9.17, 15) is 4.79 Å². The smallest absolute Gasteiger partial charge is 0.158 e. The number of ketones is 1. The van der Waals surface area contributed by atoms with Crippen LogP contribution in [0.5, 0.6) is 0 Å². The lowest BCUT2D eigenvalue weighted by molar-refractivity contribution is -0.116. The molecule has 1 heteroatoms. The van der Waals surface area contributed by atoms with Crippen molar-refractivity contribution in [3.63, 3.8) is 0 Å². The van der Waals surface area contributed by atoms with Crippen molar-refractivity contribution in [1.82, 2.24) is 0 Å². The topological polar surface area (TPSA) is 17.1 Å². The molecule has 0 N–H and O–H groups in total. The molecule has 0 unspecified atom stereocenters. The molecule has 0 atom stereocenters. The van der Waals surface area contributed by atoms with Crippen LogP contribution in [0.1, 0.15) is 57.8 Å². The summed E-state index contributed by atoms with van der Waals surface area (Å²) in [5.74, 6) is 1.25. The van der Waals surface area contributed by atoms with Gasteiger partial charge in [0.25, 0.3) is 0 Å². The van der Waals surface area contributed by atoms with Crippen molar-refractivity contribution in [2.75, 3.05) is 0 Å². The Bertz CT molecular complexity index is 234. The van der Waals surface area contributed by atoms with E-state index >= 15 is 0 Å². The highest BCUT2D eigenvalue weighted by Crippen LogP contribution is 2.30. The predicted octanol–water partition coefficient (Wildman–Crippen LogP) is 3.64. The minimum atomic E-state index is 0.432. The first kappa shape index (κ1) is 9.95. The van der Waals surface area contributed by atoms with Gasteiger partial charge in [0.2, 0.25) is 0 Å². The lowest BCUT2D eigenvalue weighted by atomic mass is 9.82. The van der Waals surface area contributed by atoms with Crippen LogP contribution in [-0.4, -0.2) is 5.78 Å².